The quantitative estimate of drug-likeness (QED) is 0.247. The average molecular weight is 402 g/mol. The van der Waals surface area contributed by atoms with Gasteiger partial charge in [-0.15, -0.1) is 0 Å². The molecule has 0 aromatic heterocycles. The highest BCUT2D eigenvalue weighted by atomic mass is 16.2. The van der Waals surface area contributed by atoms with Gasteiger partial charge in [-0.3, -0.25) is 9.79 Å². The molecule has 1 aliphatic carbocycles. The zero-order chi connectivity index (χ0) is 21.1. The van der Waals surface area contributed by atoms with Crippen LogP contribution in [0.15, 0.2) is 35.3 Å². The maximum Gasteiger partial charge on any atom is 0.223 e. The Morgan fingerprint density at radius 1 is 1.07 bits per heavy atom. The highest BCUT2D eigenvalue weighted by Crippen LogP contribution is 2.28. The molecule has 1 saturated carbocycles. The third-order valence-electron chi connectivity index (χ3n) is 5.72. The van der Waals surface area contributed by atoms with Crippen LogP contribution in [-0.2, 0) is 4.79 Å². The molecule has 0 spiro atoms. The summed E-state index contributed by atoms with van der Waals surface area (Å²) in [5.41, 5.74) is 1.23. The third-order valence-corrected chi connectivity index (χ3v) is 5.72. The second-order valence-corrected chi connectivity index (χ2v) is 7.95. The molecule has 6 heteroatoms. The monoisotopic (exact) mass is 401 g/mol. The van der Waals surface area contributed by atoms with Crippen molar-refractivity contribution in [3.8, 4) is 0 Å². The van der Waals surface area contributed by atoms with E-state index in [1.807, 2.05) is 0 Å². The van der Waals surface area contributed by atoms with Crippen molar-refractivity contribution in [2.24, 2.45) is 10.9 Å². The number of hydrogen-bond acceptors (Lipinski definition) is 3. The lowest BCUT2D eigenvalue weighted by atomic mass is 9.91. The molecular formula is C23H39N5O. The second-order valence-electron chi connectivity index (χ2n) is 7.95. The first-order valence-electron chi connectivity index (χ1n) is 11.2. The zero-order valence-corrected chi connectivity index (χ0v) is 18.6. The van der Waals surface area contributed by atoms with E-state index in [0.29, 0.717) is 19.6 Å². The van der Waals surface area contributed by atoms with Crippen molar-refractivity contribution >= 4 is 11.9 Å². The number of carbonyl (C=O) groups is 1. The fourth-order valence-corrected chi connectivity index (χ4v) is 3.44. The standard InChI is InChI=1S/C23H39N5O/c1-5-23(6-2,28-18(4)19-11-9-8-10-12-19)17-27-22(24-7-3)26-16-15-25-21(29)20-13-14-20/h8-12,18,20,28H,5-7,13-17H2,1-4H3,(H,25,29)(H2,24,26,27). The summed E-state index contributed by atoms with van der Waals surface area (Å²) in [5.74, 6) is 1.24. The summed E-state index contributed by atoms with van der Waals surface area (Å²) in [6.07, 6.45) is 4.07. The predicted molar refractivity (Wildman–Crippen MR) is 121 cm³/mol. The molecule has 6 nitrogen and oxygen atoms in total. The van der Waals surface area contributed by atoms with Gasteiger partial charge in [0.15, 0.2) is 5.96 Å². The van der Waals surface area contributed by atoms with Gasteiger partial charge < -0.3 is 21.3 Å². The Labute approximate surface area is 176 Å². The molecule has 0 bridgehead atoms. The first kappa shape index (κ1) is 23.2. The normalized spacial score (nSPS) is 15.7. The van der Waals surface area contributed by atoms with E-state index in [1.54, 1.807) is 0 Å². The van der Waals surface area contributed by atoms with E-state index in [1.165, 1.54) is 5.56 Å². The van der Waals surface area contributed by atoms with Crippen LogP contribution in [0.2, 0.25) is 0 Å². The summed E-state index contributed by atoms with van der Waals surface area (Å²) in [4.78, 5) is 16.6. The van der Waals surface area contributed by atoms with E-state index < -0.39 is 0 Å². The van der Waals surface area contributed by atoms with Crippen molar-refractivity contribution < 1.29 is 4.79 Å². The number of guanidine groups is 1. The summed E-state index contributed by atoms with van der Waals surface area (Å²) in [5, 5.41) is 13.5. The van der Waals surface area contributed by atoms with Crippen LogP contribution >= 0.6 is 0 Å². The van der Waals surface area contributed by atoms with Gasteiger partial charge >= 0.3 is 0 Å². The summed E-state index contributed by atoms with van der Waals surface area (Å²) in [6, 6.07) is 10.8. The summed E-state index contributed by atoms with van der Waals surface area (Å²) in [6.45, 7) is 11.5. The van der Waals surface area contributed by atoms with E-state index in [-0.39, 0.29) is 23.4 Å². The Morgan fingerprint density at radius 2 is 1.72 bits per heavy atom. The van der Waals surface area contributed by atoms with Gasteiger partial charge in [-0.25, -0.2) is 0 Å². The van der Waals surface area contributed by atoms with Crippen molar-refractivity contribution in [3.05, 3.63) is 35.9 Å². The minimum atomic E-state index is -0.0577. The molecule has 2 rings (SSSR count). The van der Waals surface area contributed by atoms with Gasteiger partial charge in [-0.05, 0) is 45.1 Å². The minimum Gasteiger partial charge on any atom is -0.357 e. The van der Waals surface area contributed by atoms with Crippen LogP contribution in [0, 0.1) is 5.92 Å². The number of benzene rings is 1. The van der Waals surface area contributed by atoms with E-state index in [4.69, 9.17) is 4.99 Å². The van der Waals surface area contributed by atoms with Crippen LogP contribution in [0.1, 0.15) is 65.0 Å². The largest absolute Gasteiger partial charge is 0.357 e. The first-order chi connectivity index (χ1) is 14.0. The average Bonchev–Trinajstić information content (AvgIpc) is 3.60. The fourth-order valence-electron chi connectivity index (χ4n) is 3.44. The van der Waals surface area contributed by atoms with Gasteiger partial charge in [-0.2, -0.15) is 0 Å². The Morgan fingerprint density at radius 3 is 2.31 bits per heavy atom. The van der Waals surface area contributed by atoms with Gasteiger partial charge in [0.05, 0.1) is 6.54 Å². The zero-order valence-electron chi connectivity index (χ0n) is 18.6. The number of aliphatic imine (C=N–C) groups is 1. The molecule has 1 fully saturated rings. The van der Waals surface area contributed by atoms with Gasteiger partial charge in [-0.1, -0.05) is 44.2 Å². The summed E-state index contributed by atoms with van der Waals surface area (Å²) < 4.78 is 0. The maximum absolute atomic E-state index is 11.7. The molecule has 1 aromatic carbocycles. The Balaban J connectivity index is 1.91. The third kappa shape index (κ3) is 7.69. The molecule has 4 N–H and O–H groups in total. The van der Waals surface area contributed by atoms with Crippen LogP contribution < -0.4 is 21.3 Å². The van der Waals surface area contributed by atoms with E-state index in [9.17, 15) is 4.79 Å². The van der Waals surface area contributed by atoms with Crippen molar-refractivity contribution in [3.63, 3.8) is 0 Å². The second kappa shape index (κ2) is 11.8. The van der Waals surface area contributed by atoms with Crippen LogP contribution in [0.3, 0.4) is 0 Å². The minimum absolute atomic E-state index is 0.0577. The number of nitrogens with one attached hydrogen (secondary N) is 4. The van der Waals surface area contributed by atoms with Crippen LogP contribution in [0.4, 0.5) is 0 Å². The molecule has 1 atom stereocenters. The molecule has 162 valence electrons. The molecule has 0 heterocycles. The summed E-state index contributed by atoms with van der Waals surface area (Å²) in [7, 11) is 0. The molecule has 0 aliphatic heterocycles. The lowest BCUT2D eigenvalue weighted by Crippen LogP contribution is -2.49. The number of rotatable bonds is 12. The van der Waals surface area contributed by atoms with Crippen LogP contribution in [-0.4, -0.2) is 43.6 Å². The van der Waals surface area contributed by atoms with Gasteiger partial charge in [0.2, 0.25) is 5.91 Å². The molecule has 0 saturated heterocycles. The Kier molecular flexibility index (Phi) is 9.45. The highest BCUT2D eigenvalue weighted by Gasteiger charge is 2.29. The number of nitrogens with zero attached hydrogens (tertiary/aromatic N) is 1. The smallest absolute Gasteiger partial charge is 0.223 e. The maximum atomic E-state index is 11.7. The van der Waals surface area contributed by atoms with Gasteiger partial charge in [0.1, 0.15) is 0 Å². The lowest BCUT2D eigenvalue weighted by molar-refractivity contribution is -0.122. The molecule has 29 heavy (non-hydrogen) atoms. The van der Waals surface area contributed by atoms with Crippen LogP contribution in [0.25, 0.3) is 0 Å². The fraction of sp³-hybridized carbons (Fsp3) is 0.652. The highest BCUT2D eigenvalue weighted by molar-refractivity contribution is 5.81. The topological polar surface area (TPSA) is 77.6 Å². The predicted octanol–water partition coefficient (Wildman–Crippen LogP) is 2.98. The van der Waals surface area contributed by atoms with Gasteiger partial charge in [0, 0.05) is 37.1 Å². The van der Waals surface area contributed by atoms with E-state index in [0.717, 1.165) is 38.2 Å². The number of hydrogen-bond donors (Lipinski definition) is 4. The molecular weight excluding hydrogens is 362 g/mol. The van der Waals surface area contributed by atoms with E-state index in [2.05, 4.69) is 79.3 Å². The summed E-state index contributed by atoms with van der Waals surface area (Å²) >= 11 is 0. The van der Waals surface area contributed by atoms with Crippen LogP contribution in [0.5, 0.6) is 0 Å². The van der Waals surface area contributed by atoms with Crippen molar-refractivity contribution in [2.75, 3.05) is 26.2 Å². The Hall–Kier alpha value is -2.08. The van der Waals surface area contributed by atoms with Crippen molar-refractivity contribution in [1.29, 1.82) is 0 Å². The number of amides is 1. The molecule has 0 radical (unpaired) electrons. The SMILES string of the molecule is CCNC(=NCC(CC)(CC)NC(C)c1ccccc1)NCCNC(=O)C1CC1. The Bertz CT molecular complexity index is 638. The molecule has 1 aliphatic rings. The molecule has 1 unspecified atom stereocenters. The lowest BCUT2D eigenvalue weighted by Gasteiger charge is -2.35. The first-order valence-corrected chi connectivity index (χ1v) is 11.2. The molecule has 1 amide bonds. The molecule has 1 aromatic rings. The number of carbonyl (C=O) groups excluding carboxylic acids is 1. The van der Waals surface area contributed by atoms with Crippen molar-refractivity contribution in [1.82, 2.24) is 21.3 Å². The van der Waals surface area contributed by atoms with Crippen molar-refractivity contribution in [2.45, 2.75) is 65.0 Å². The van der Waals surface area contributed by atoms with E-state index >= 15 is 0 Å². The van der Waals surface area contributed by atoms with Gasteiger partial charge in [0.25, 0.3) is 0 Å².